The summed E-state index contributed by atoms with van der Waals surface area (Å²) in [5.41, 5.74) is 1.41. The zero-order chi connectivity index (χ0) is 17.1. The van der Waals surface area contributed by atoms with E-state index in [0.717, 1.165) is 23.2 Å². The van der Waals surface area contributed by atoms with Gasteiger partial charge < -0.3 is 10.6 Å². The maximum absolute atomic E-state index is 11.6. The van der Waals surface area contributed by atoms with Gasteiger partial charge in [-0.05, 0) is 42.7 Å². The molecule has 0 unspecified atom stereocenters. The van der Waals surface area contributed by atoms with Crippen LogP contribution < -0.4 is 10.6 Å². The van der Waals surface area contributed by atoms with E-state index in [0.29, 0.717) is 18.8 Å². The lowest BCUT2D eigenvalue weighted by Crippen LogP contribution is -2.25. The largest absolute Gasteiger partial charge is 0.353 e. The molecule has 2 N–H and O–H groups in total. The van der Waals surface area contributed by atoms with Crippen molar-refractivity contribution >= 4 is 23.6 Å². The molecule has 1 rings (SSSR count). The molecule has 0 radical (unpaired) electrons. The number of benzene rings is 1. The highest BCUT2D eigenvalue weighted by atomic mass is 16.3. The van der Waals surface area contributed by atoms with Gasteiger partial charge in [-0.3, -0.25) is 9.59 Å². The van der Waals surface area contributed by atoms with Crippen LogP contribution in [0.3, 0.4) is 0 Å². The number of unbranched alkanes of at least 4 members (excludes halogenated alkanes) is 1. The van der Waals surface area contributed by atoms with Crippen LogP contribution in [0, 0.1) is 4.91 Å². The van der Waals surface area contributed by atoms with Gasteiger partial charge in [0.1, 0.15) is 0 Å². The second kappa shape index (κ2) is 10.0. The number of hydrogen-bond donors (Lipinski definition) is 2. The minimum Gasteiger partial charge on any atom is -0.353 e. The molecular formula is C17H22N3O3+. The first-order valence-electron chi connectivity index (χ1n) is 7.40. The van der Waals surface area contributed by atoms with Crippen molar-refractivity contribution in [1.82, 2.24) is 10.6 Å². The molecule has 0 heterocycles. The lowest BCUT2D eigenvalue weighted by molar-refractivity contribution is -0.428. The van der Waals surface area contributed by atoms with Gasteiger partial charge in [-0.15, -0.1) is 0 Å². The van der Waals surface area contributed by atoms with Crippen molar-refractivity contribution in [1.29, 1.82) is 0 Å². The van der Waals surface area contributed by atoms with Gasteiger partial charge in [-0.1, -0.05) is 6.58 Å². The van der Waals surface area contributed by atoms with Crippen LogP contribution in [0.4, 0.5) is 5.69 Å². The third-order valence-corrected chi connectivity index (χ3v) is 3.07. The van der Waals surface area contributed by atoms with E-state index in [1.807, 2.05) is 0 Å². The zero-order valence-corrected chi connectivity index (χ0v) is 13.2. The molecule has 6 nitrogen and oxygen atoms in total. The molecule has 122 valence electrons. The number of nitrogens with zero attached hydrogens (tertiary/aromatic N) is 1. The van der Waals surface area contributed by atoms with Crippen molar-refractivity contribution < 1.29 is 14.3 Å². The topological polar surface area (TPSA) is 78.3 Å². The van der Waals surface area contributed by atoms with Gasteiger partial charge in [0.15, 0.2) is 7.05 Å². The quantitative estimate of drug-likeness (QED) is 0.415. The highest BCUT2D eigenvalue weighted by Gasteiger charge is 2.04. The number of hydrogen-bond acceptors (Lipinski definition) is 3. The van der Waals surface area contributed by atoms with Crippen LogP contribution in [-0.2, 0) is 9.59 Å². The molecule has 23 heavy (non-hydrogen) atoms. The summed E-state index contributed by atoms with van der Waals surface area (Å²) in [6.07, 6.45) is 5.94. The summed E-state index contributed by atoms with van der Waals surface area (Å²) in [5.74, 6) is -0.365. The number of nitroso groups, excluding NO2 is 1. The van der Waals surface area contributed by atoms with Crippen LogP contribution in [-0.4, -0.2) is 36.7 Å². The molecule has 0 aliphatic rings. The van der Waals surface area contributed by atoms with Crippen molar-refractivity contribution in [3.8, 4) is 0 Å². The fraction of sp³-hybridized carbons (Fsp3) is 0.294. The number of carbonyl (C=O) groups excluding carboxylic acids is 2. The Bertz CT molecular complexity index is 592. The molecule has 0 spiro atoms. The van der Waals surface area contributed by atoms with Crippen molar-refractivity contribution in [3.63, 3.8) is 0 Å². The predicted octanol–water partition coefficient (Wildman–Crippen LogP) is 1.94. The first-order valence-corrected chi connectivity index (χ1v) is 7.40. The Hall–Kier alpha value is -2.76. The molecule has 0 atom stereocenters. The normalized spacial score (nSPS) is 10.3. The van der Waals surface area contributed by atoms with Crippen LogP contribution in [0.15, 0.2) is 43.0 Å². The first-order chi connectivity index (χ1) is 11.0. The number of nitrogens with one attached hydrogen (secondary N) is 2. The summed E-state index contributed by atoms with van der Waals surface area (Å²) in [4.78, 5) is 33.6. The molecule has 2 amide bonds. The van der Waals surface area contributed by atoms with Gasteiger partial charge in [0.2, 0.25) is 11.8 Å². The summed E-state index contributed by atoms with van der Waals surface area (Å²) in [5, 5.41) is 5.44. The van der Waals surface area contributed by atoms with Gasteiger partial charge in [-0.25, -0.2) is 0 Å². The molecule has 0 saturated carbocycles. The number of carbonyl (C=O) groups is 2. The average Bonchev–Trinajstić information content (AvgIpc) is 2.56. The molecule has 0 aliphatic heterocycles. The van der Waals surface area contributed by atoms with Crippen LogP contribution in [0.25, 0.3) is 6.08 Å². The minimum absolute atomic E-state index is 0.176. The maximum atomic E-state index is 11.6. The zero-order valence-electron chi connectivity index (χ0n) is 13.2. The van der Waals surface area contributed by atoms with Gasteiger partial charge in [0, 0.05) is 41.0 Å². The predicted molar refractivity (Wildman–Crippen MR) is 90.1 cm³/mol. The van der Waals surface area contributed by atoms with Crippen LogP contribution in [0.5, 0.6) is 0 Å². The molecular weight excluding hydrogens is 294 g/mol. The van der Waals surface area contributed by atoms with Crippen LogP contribution in [0.2, 0.25) is 0 Å². The Morgan fingerprint density at radius 1 is 1.09 bits per heavy atom. The molecule has 0 fully saturated rings. The summed E-state index contributed by atoms with van der Waals surface area (Å²) in [7, 11) is 1.43. The third-order valence-electron chi connectivity index (χ3n) is 3.07. The van der Waals surface area contributed by atoms with Gasteiger partial charge >= 0.3 is 0 Å². The highest BCUT2D eigenvalue weighted by Crippen LogP contribution is 2.12. The monoisotopic (exact) mass is 316 g/mol. The van der Waals surface area contributed by atoms with Crippen molar-refractivity contribution in [2.75, 3.05) is 20.1 Å². The van der Waals surface area contributed by atoms with Crippen molar-refractivity contribution in [2.24, 2.45) is 0 Å². The van der Waals surface area contributed by atoms with E-state index >= 15 is 0 Å². The molecule has 0 aromatic heterocycles. The van der Waals surface area contributed by atoms with Crippen LogP contribution in [0.1, 0.15) is 18.4 Å². The minimum atomic E-state index is -0.189. The number of amides is 2. The fourth-order valence-electron chi connectivity index (χ4n) is 1.77. The molecule has 1 aromatic rings. The number of rotatable bonds is 9. The van der Waals surface area contributed by atoms with E-state index in [1.54, 1.807) is 30.3 Å². The first kappa shape index (κ1) is 18.3. The SMILES string of the molecule is C=CC(=O)NCCCCNC(=O)/C=C/c1ccc([N+](C)=O)cc1. The maximum Gasteiger partial charge on any atom is 0.255 e. The Kier molecular flexibility index (Phi) is 7.99. The molecule has 1 aromatic carbocycles. The fourth-order valence-corrected chi connectivity index (χ4v) is 1.77. The Balaban J connectivity index is 2.24. The van der Waals surface area contributed by atoms with E-state index in [-0.39, 0.29) is 11.8 Å². The average molecular weight is 316 g/mol. The Morgan fingerprint density at radius 3 is 2.17 bits per heavy atom. The standard InChI is InChI=1S/C17H21N3O3/c1-3-16(21)18-12-4-5-13-19-17(22)11-8-14-6-9-15(10-7-14)20(2)23/h3,6-11H,1,4-5,12-13H2,2H3,(H-,18,19,21,22)/p+1/b11-8+. The van der Waals surface area contributed by atoms with E-state index < -0.39 is 0 Å². The van der Waals surface area contributed by atoms with Gasteiger partial charge in [0.05, 0.1) is 0 Å². The Morgan fingerprint density at radius 2 is 1.65 bits per heavy atom. The molecule has 6 heteroatoms. The van der Waals surface area contributed by atoms with Crippen molar-refractivity contribution in [2.45, 2.75) is 12.8 Å². The van der Waals surface area contributed by atoms with Crippen molar-refractivity contribution in [3.05, 3.63) is 53.5 Å². The van der Waals surface area contributed by atoms with E-state index in [4.69, 9.17) is 0 Å². The smallest absolute Gasteiger partial charge is 0.255 e. The van der Waals surface area contributed by atoms with Crippen LogP contribution >= 0.6 is 0 Å². The highest BCUT2D eigenvalue weighted by molar-refractivity contribution is 5.91. The second-order valence-corrected chi connectivity index (χ2v) is 4.92. The molecule has 0 saturated heterocycles. The van der Waals surface area contributed by atoms with E-state index in [9.17, 15) is 14.5 Å². The summed E-state index contributed by atoms with van der Waals surface area (Å²) in [6, 6.07) is 6.94. The molecule has 0 bridgehead atoms. The summed E-state index contributed by atoms with van der Waals surface area (Å²) < 4.78 is 0.775. The van der Waals surface area contributed by atoms with Gasteiger partial charge in [0.25, 0.3) is 5.69 Å². The lowest BCUT2D eigenvalue weighted by Gasteiger charge is -2.03. The summed E-state index contributed by atoms with van der Waals surface area (Å²) >= 11 is 0. The Labute approximate surface area is 135 Å². The van der Waals surface area contributed by atoms with Gasteiger partial charge in [-0.2, -0.15) is 0 Å². The third kappa shape index (κ3) is 7.71. The van der Waals surface area contributed by atoms with E-state index in [1.165, 1.54) is 19.2 Å². The lowest BCUT2D eigenvalue weighted by atomic mass is 10.2. The van der Waals surface area contributed by atoms with E-state index in [2.05, 4.69) is 17.2 Å². The summed E-state index contributed by atoms with van der Waals surface area (Å²) in [6.45, 7) is 4.48. The second-order valence-electron chi connectivity index (χ2n) is 4.92. The molecule has 0 aliphatic carbocycles.